The molecule has 1 aromatic rings. The Morgan fingerprint density at radius 2 is 2.39 bits per heavy atom. The third-order valence-electron chi connectivity index (χ3n) is 3.46. The van der Waals surface area contributed by atoms with Gasteiger partial charge in [-0.05, 0) is 32.6 Å². The molecular formula is C13H20N2O2S. The van der Waals surface area contributed by atoms with Crippen LogP contribution in [0, 0.1) is 12.3 Å². The first-order chi connectivity index (χ1) is 8.63. The maximum atomic E-state index is 11.6. The van der Waals surface area contributed by atoms with Gasteiger partial charge in [-0.25, -0.2) is 4.98 Å². The molecular weight excluding hydrogens is 248 g/mol. The highest BCUT2D eigenvalue weighted by atomic mass is 32.1. The summed E-state index contributed by atoms with van der Waals surface area (Å²) in [4.78, 5) is 16.0. The standard InChI is InChI=1S/C13H20N2O2S/c1-10-15-11(7-18-10)3-2-4-12(17)14-8-13(9-16)5-6-13/h7,16H,2-6,8-9H2,1H3,(H,14,17). The zero-order chi connectivity index (χ0) is 13.0. The molecule has 1 aliphatic rings. The number of amides is 1. The number of hydrogen-bond acceptors (Lipinski definition) is 4. The van der Waals surface area contributed by atoms with Crippen LogP contribution in [-0.4, -0.2) is 29.1 Å². The van der Waals surface area contributed by atoms with Crippen LogP contribution in [0.2, 0.25) is 0 Å². The Morgan fingerprint density at radius 1 is 1.61 bits per heavy atom. The van der Waals surface area contributed by atoms with E-state index < -0.39 is 0 Å². The van der Waals surface area contributed by atoms with E-state index in [1.807, 2.05) is 6.92 Å². The van der Waals surface area contributed by atoms with E-state index in [0.29, 0.717) is 13.0 Å². The van der Waals surface area contributed by atoms with Crippen LogP contribution in [-0.2, 0) is 11.2 Å². The Labute approximate surface area is 111 Å². The Morgan fingerprint density at radius 3 is 2.94 bits per heavy atom. The summed E-state index contributed by atoms with van der Waals surface area (Å²) in [6, 6.07) is 0. The van der Waals surface area contributed by atoms with Gasteiger partial charge < -0.3 is 10.4 Å². The van der Waals surface area contributed by atoms with Crippen molar-refractivity contribution in [1.82, 2.24) is 10.3 Å². The van der Waals surface area contributed by atoms with E-state index >= 15 is 0 Å². The first kappa shape index (κ1) is 13.5. The summed E-state index contributed by atoms with van der Waals surface area (Å²) in [6.07, 6.45) is 4.30. The van der Waals surface area contributed by atoms with E-state index in [-0.39, 0.29) is 17.9 Å². The van der Waals surface area contributed by atoms with Crippen molar-refractivity contribution in [2.24, 2.45) is 5.41 Å². The molecule has 0 saturated heterocycles. The zero-order valence-corrected chi connectivity index (χ0v) is 11.6. The maximum Gasteiger partial charge on any atom is 0.220 e. The molecule has 100 valence electrons. The quantitative estimate of drug-likeness (QED) is 0.790. The van der Waals surface area contributed by atoms with Crippen molar-refractivity contribution in [2.75, 3.05) is 13.2 Å². The molecule has 2 N–H and O–H groups in total. The lowest BCUT2D eigenvalue weighted by atomic mass is 10.1. The Balaban J connectivity index is 1.60. The monoisotopic (exact) mass is 268 g/mol. The number of carbonyl (C=O) groups is 1. The number of aliphatic hydroxyl groups excluding tert-OH is 1. The van der Waals surface area contributed by atoms with Crippen molar-refractivity contribution in [2.45, 2.75) is 39.0 Å². The minimum absolute atomic E-state index is 0.00167. The first-order valence-electron chi connectivity index (χ1n) is 6.42. The number of aromatic nitrogens is 1. The molecule has 1 fully saturated rings. The van der Waals surface area contributed by atoms with Crippen LogP contribution in [0.5, 0.6) is 0 Å². The molecule has 1 saturated carbocycles. The predicted octanol–water partition coefficient (Wildman–Crippen LogP) is 1.66. The third kappa shape index (κ3) is 3.78. The van der Waals surface area contributed by atoms with Crippen LogP contribution in [0.15, 0.2) is 5.38 Å². The largest absolute Gasteiger partial charge is 0.396 e. The van der Waals surface area contributed by atoms with Crippen molar-refractivity contribution >= 4 is 17.2 Å². The molecule has 0 bridgehead atoms. The van der Waals surface area contributed by atoms with E-state index in [0.717, 1.165) is 36.4 Å². The lowest BCUT2D eigenvalue weighted by Crippen LogP contribution is -2.31. The number of nitrogens with zero attached hydrogens (tertiary/aromatic N) is 1. The van der Waals surface area contributed by atoms with E-state index in [2.05, 4.69) is 15.7 Å². The smallest absolute Gasteiger partial charge is 0.220 e. The second-order valence-electron chi connectivity index (χ2n) is 5.15. The average Bonchev–Trinajstić information content (AvgIpc) is 3.04. The van der Waals surface area contributed by atoms with Gasteiger partial charge in [-0.15, -0.1) is 11.3 Å². The fourth-order valence-electron chi connectivity index (χ4n) is 1.90. The summed E-state index contributed by atoms with van der Waals surface area (Å²) >= 11 is 1.65. The fraction of sp³-hybridized carbons (Fsp3) is 0.692. The normalized spacial score (nSPS) is 16.6. The van der Waals surface area contributed by atoms with Gasteiger partial charge in [0.25, 0.3) is 0 Å². The van der Waals surface area contributed by atoms with Crippen molar-refractivity contribution in [1.29, 1.82) is 0 Å². The number of aryl methyl sites for hydroxylation is 2. The van der Waals surface area contributed by atoms with Gasteiger partial charge in [0.1, 0.15) is 0 Å². The number of carbonyl (C=O) groups excluding carboxylic acids is 1. The minimum Gasteiger partial charge on any atom is -0.396 e. The van der Waals surface area contributed by atoms with E-state index in [4.69, 9.17) is 5.11 Å². The molecule has 0 aliphatic heterocycles. The molecule has 4 nitrogen and oxygen atoms in total. The van der Waals surface area contributed by atoms with Gasteiger partial charge in [-0.3, -0.25) is 4.79 Å². The van der Waals surface area contributed by atoms with Crippen molar-refractivity contribution in [3.05, 3.63) is 16.1 Å². The van der Waals surface area contributed by atoms with Crippen molar-refractivity contribution < 1.29 is 9.90 Å². The first-order valence-corrected chi connectivity index (χ1v) is 7.30. The van der Waals surface area contributed by atoms with Crippen LogP contribution in [0.25, 0.3) is 0 Å². The molecule has 0 radical (unpaired) electrons. The maximum absolute atomic E-state index is 11.6. The molecule has 2 rings (SSSR count). The number of nitrogens with one attached hydrogen (secondary N) is 1. The van der Waals surface area contributed by atoms with Crippen molar-refractivity contribution in [3.63, 3.8) is 0 Å². The zero-order valence-electron chi connectivity index (χ0n) is 10.7. The topological polar surface area (TPSA) is 62.2 Å². The number of hydrogen-bond donors (Lipinski definition) is 2. The summed E-state index contributed by atoms with van der Waals surface area (Å²) in [6.45, 7) is 2.80. The van der Waals surface area contributed by atoms with E-state index in [1.165, 1.54) is 0 Å². The van der Waals surface area contributed by atoms with E-state index in [1.54, 1.807) is 11.3 Å². The Bertz CT molecular complexity index is 413. The van der Waals surface area contributed by atoms with Crippen molar-refractivity contribution in [3.8, 4) is 0 Å². The molecule has 1 heterocycles. The van der Waals surface area contributed by atoms with Crippen LogP contribution in [0.3, 0.4) is 0 Å². The minimum atomic E-state index is 0.00167. The molecule has 1 aliphatic carbocycles. The average molecular weight is 268 g/mol. The lowest BCUT2D eigenvalue weighted by molar-refractivity contribution is -0.121. The second kappa shape index (κ2) is 5.80. The number of aliphatic hydroxyl groups is 1. The summed E-state index contributed by atoms with van der Waals surface area (Å²) in [5, 5.41) is 15.2. The molecule has 0 aromatic carbocycles. The molecule has 0 unspecified atom stereocenters. The lowest BCUT2D eigenvalue weighted by Gasteiger charge is -2.12. The number of thiazole rings is 1. The SMILES string of the molecule is Cc1nc(CCCC(=O)NCC2(CO)CC2)cs1. The highest BCUT2D eigenvalue weighted by molar-refractivity contribution is 7.09. The highest BCUT2D eigenvalue weighted by Gasteiger charge is 2.41. The van der Waals surface area contributed by atoms with Gasteiger partial charge in [-0.2, -0.15) is 0 Å². The van der Waals surface area contributed by atoms with Gasteiger partial charge >= 0.3 is 0 Å². The molecule has 0 atom stereocenters. The van der Waals surface area contributed by atoms with Gasteiger partial charge in [0.05, 0.1) is 17.3 Å². The molecule has 0 spiro atoms. The van der Waals surface area contributed by atoms with Crippen LogP contribution in [0.1, 0.15) is 36.4 Å². The van der Waals surface area contributed by atoms with Crippen LogP contribution in [0.4, 0.5) is 0 Å². The number of rotatable bonds is 7. The highest BCUT2D eigenvalue weighted by Crippen LogP contribution is 2.44. The third-order valence-corrected chi connectivity index (χ3v) is 4.28. The van der Waals surface area contributed by atoms with E-state index in [9.17, 15) is 4.79 Å². The fourth-order valence-corrected chi connectivity index (χ4v) is 2.54. The molecule has 1 aromatic heterocycles. The Hall–Kier alpha value is -0.940. The summed E-state index contributed by atoms with van der Waals surface area (Å²) in [7, 11) is 0. The molecule has 18 heavy (non-hydrogen) atoms. The summed E-state index contributed by atoms with van der Waals surface area (Å²) in [5.74, 6) is 0.0849. The molecule has 5 heteroatoms. The molecule has 1 amide bonds. The summed E-state index contributed by atoms with van der Waals surface area (Å²) in [5.41, 5.74) is 1.08. The predicted molar refractivity (Wildman–Crippen MR) is 71.6 cm³/mol. The van der Waals surface area contributed by atoms with Gasteiger partial charge in [0.15, 0.2) is 0 Å². The second-order valence-corrected chi connectivity index (χ2v) is 6.21. The van der Waals surface area contributed by atoms with Crippen LogP contribution >= 0.6 is 11.3 Å². The Kier molecular flexibility index (Phi) is 4.35. The van der Waals surface area contributed by atoms with Gasteiger partial charge in [0, 0.05) is 23.8 Å². The summed E-state index contributed by atoms with van der Waals surface area (Å²) < 4.78 is 0. The van der Waals surface area contributed by atoms with Gasteiger partial charge in [0.2, 0.25) is 5.91 Å². The van der Waals surface area contributed by atoms with Crippen LogP contribution < -0.4 is 5.32 Å². The van der Waals surface area contributed by atoms with Gasteiger partial charge in [-0.1, -0.05) is 0 Å².